The van der Waals surface area contributed by atoms with E-state index in [1.54, 1.807) is 30.3 Å². The zero-order chi connectivity index (χ0) is 18.5. The zero-order valence-corrected chi connectivity index (χ0v) is 15.5. The van der Waals surface area contributed by atoms with Crippen molar-refractivity contribution in [2.45, 2.75) is 0 Å². The van der Waals surface area contributed by atoms with Gasteiger partial charge in [-0.2, -0.15) is 0 Å². The Kier molecular flexibility index (Phi) is 5.65. The normalized spacial score (nSPS) is 15.9. The Morgan fingerprint density at radius 2 is 1.81 bits per heavy atom. The fourth-order valence-corrected chi connectivity index (χ4v) is 3.69. The van der Waals surface area contributed by atoms with E-state index in [1.807, 2.05) is 42.5 Å². The first-order chi connectivity index (χ1) is 12.6. The highest BCUT2D eigenvalue weighted by Gasteiger charge is 2.35. The first-order valence-electron chi connectivity index (χ1n) is 7.79. The lowest BCUT2D eigenvalue weighted by atomic mass is 10.1. The number of thioether (sulfide) groups is 1. The number of ether oxygens (including phenoxy) is 1. The van der Waals surface area contributed by atoms with Crippen molar-refractivity contribution in [1.82, 2.24) is 0 Å². The van der Waals surface area contributed by atoms with Gasteiger partial charge < -0.3 is 4.74 Å². The van der Waals surface area contributed by atoms with Gasteiger partial charge in [0.25, 0.3) is 5.91 Å². The number of anilines is 1. The first kappa shape index (κ1) is 18.1. The van der Waals surface area contributed by atoms with Crippen LogP contribution in [0.5, 0.6) is 0 Å². The second-order valence-corrected chi connectivity index (χ2v) is 6.99. The Balaban J connectivity index is 1.87. The number of nitrogens with zero attached hydrogens (tertiary/aromatic N) is 1. The third-order valence-electron chi connectivity index (χ3n) is 3.68. The van der Waals surface area contributed by atoms with Crippen molar-refractivity contribution >= 4 is 51.9 Å². The molecule has 4 nitrogen and oxygen atoms in total. The maximum absolute atomic E-state index is 12.8. The predicted octanol–water partition coefficient (Wildman–Crippen LogP) is 4.44. The van der Waals surface area contributed by atoms with Crippen LogP contribution in [0.3, 0.4) is 0 Å². The van der Waals surface area contributed by atoms with E-state index in [2.05, 4.69) is 0 Å². The average Bonchev–Trinajstić information content (AvgIpc) is 2.95. The molecule has 0 spiro atoms. The molecule has 1 saturated heterocycles. The fraction of sp³-hybridized carbons (Fsp3) is 0.0500. The van der Waals surface area contributed by atoms with E-state index in [0.717, 1.165) is 5.56 Å². The molecule has 1 aliphatic rings. The van der Waals surface area contributed by atoms with Crippen molar-refractivity contribution in [1.29, 1.82) is 0 Å². The van der Waals surface area contributed by atoms with Gasteiger partial charge in [-0.15, -0.1) is 0 Å². The highest BCUT2D eigenvalue weighted by atomic mass is 32.2. The van der Waals surface area contributed by atoms with Gasteiger partial charge in [0.1, 0.15) is 0 Å². The largest absolute Gasteiger partial charge is 0.465 e. The van der Waals surface area contributed by atoms with E-state index < -0.39 is 5.97 Å². The van der Waals surface area contributed by atoms with Crippen molar-refractivity contribution in [3.8, 4) is 0 Å². The van der Waals surface area contributed by atoms with Gasteiger partial charge in [0, 0.05) is 0 Å². The van der Waals surface area contributed by atoms with Gasteiger partial charge in [-0.25, -0.2) is 4.79 Å². The van der Waals surface area contributed by atoms with Gasteiger partial charge >= 0.3 is 5.97 Å². The number of methoxy groups -OCH3 is 1. The van der Waals surface area contributed by atoms with Crippen LogP contribution in [0.15, 0.2) is 71.7 Å². The summed E-state index contributed by atoms with van der Waals surface area (Å²) in [5, 5.41) is 0. The van der Waals surface area contributed by atoms with Gasteiger partial charge in [0.15, 0.2) is 4.32 Å². The topological polar surface area (TPSA) is 46.6 Å². The molecule has 3 rings (SSSR count). The lowest BCUT2D eigenvalue weighted by molar-refractivity contribution is -0.113. The van der Waals surface area contributed by atoms with Crippen molar-refractivity contribution < 1.29 is 14.3 Å². The number of para-hydroxylation sites is 1. The monoisotopic (exact) mass is 381 g/mol. The molecule has 0 atom stereocenters. The summed E-state index contributed by atoms with van der Waals surface area (Å²) in [4.78, 5) is 26.6. The van der Waals surface area contributed by atoms with Gasteiger partial charge in [-0.3, -0.25) is 9.69 Å². The summed E-state index contributed by atoms with van der Waals surface area (Å²) in [6.07, 6.45) is 5.45. The highest BCUT2D eigenvalue weighted by Crippen LogP contribution is 2.36. The number of carbonyl (C=O) groups excluding carboxylic acids is 2. The number of hydrogen-bond donors (Lipinski definition) is 0. The maximum Gasteiger partial charge on any atom is 0.339 e. The van der Waals surface area contributed by atoms with Crippen molar-refractivity contribution in [3.63, 3.8) is 0 Å². The van der Waals surface area contributed by atoms with E-state index in [-0.39, 0.29) is 5.91 Å². The molecule has 6 heteroatoms. The molecular weight excluding hydrogens is 366 g/mol. The third-order valence-corrected chi connectivity index (χ3v) is 5.00. The maximum atomic E-state index is 12.8. The molecule has 0 aromatic heterocycles. The van der Waals surface area contributed by atoms with Gasteiger partial charge in [-0.05, 0) is 23.8 Å². The Morgan fingerprint density at radius 3 is 2.54 bits per heavy atom. The summed E-state index contributed by atoms with van der Waals surface area (Å²) in [5.41, 5.74) is 1.76. The number of esters is 1. The quantitative estimate of drug-likeness (QED) is 0.445. The minimum absolute atomic E-state index is 0.255. The molecule has 1 fully saturated rings. The van der Waals surface area contributed by atoms with Crippen LogP contribution in [0.1, 0.15) is 15.9 Å². The summed E-state index contributed by atoms with van der Waals surface area (Å²) >= 11 is 6.56. The molecule has 0 N–H and O–H groups in total. The van der Waals surface area contributed by atoms with Crippen molar-refractivity contribution in [2.24, 2.45) is 0 Å². The molecule has 2 aromatic rings. The van der Waals surface area contributed by atoms with Crippen LogP contribution in [0.25, 0.3) is 6.08 Å². The molecule has 0 saturated carbocycles. The van der Waals surface area contributed by atoms with Crippen molar-refractivity contribution in [2.75, 3.05) is 12.0 Å². The molecule has 2 aromatic carbocycles. The second-order valence-electron chi connectivity index (χ2n) is 5.32. The number of carbonyl (C=O) groups is 2. The summed E-state index contributed by atoms with van der Waals surface area (Å²) < 4.78 is 5.18. The SMILES string of the molecule is COC(=O)c1ccccc1N1C(=O)/C(=C/C=C/c2ccccc2)SC1=S. The minimum Gasteiger partial charge on any atom is -0.465 e. The number of amides is 1. The molecule has 0 aliphatic carbocycles. The second kappa shape index (κ2) is 8.12. The molecule has 0 radical (unpaired) electrons. The van der Waals surface area contributed by atoms with Crippen LogP contribution >= 0.6 is 24.0 Å². The van der Waals surface area contributed by atoms with E-state index in [9.17, 15) is 9.59 Å². The van der Waals surface area contributed by atoms with E-state index >= 15 is 0 Å². The summed E-state index contributed by atoms with van der Waals surface area (Å²) in [6, 6.07) is 16.5. The van der Waals surface area contributed by atoms with Crippen LogP contribution in [0.4, 0.5) is 5.69 Å². The number of thiocarbonyl (C=S) groups is 1. The molecule has 1 heterocycles. The van der Waals surface area contributed by atoms with Crippen LogP contribution in [-0.2, 0) is 9.53 Å². The summed E-state index contributed by atoms with van der Waals surface area (Å²) in [7, 11) is 1.30. The standard InChI is InChI=1S/C20H15NO3S2/c1-24-19(23)15-11-5-6-12-16(15)21-18(22)17(26-20(21)25)13-7-10-14-8-3-2-4-9-14/h2-13H,1H3/b10-7+,17-13-. The smallest absolute Gasteiger partial charge is 0.339 e. The lowest BCUT2D eigenvalue weighted by Gasteiger charge is -2.17. The zero-order valence-electron chi connectivity index (χ0n) is 13.9. The average molecular weight is 381 g/mol. The molecule has 130 valence electrons. The Hall–Kier alpha value is -2.70. The Morgan fingerprint density at radius 1 is 1.12 bits per heavy atom. The number of allylic oxidation sites excluding steroid dienone is 2. The fourth-order valence-electron chi connectivity index (χ4n) is 2.45. The van der Waals surface area contributed by atoms with Gasteiger partial charge in [-0.1, -0.05) is 78.6 Å². The van der Waals surface area contributed by atoms with E-state index in [0.29, 0.717) is 20.5 Å². The number of benzene rings is 2. The number of rotatable bonds is 4. The van der Waals surface area contributed by atoms with Crippen LogP contribution in [-0.4, -0.2) is 23.3 Å². The molecule has 26 heavy (non-hydrogen) atoms. The summed E-state index contributed by atoms with van der Waals surface area (Å²) in [6.45, 7) is 0. The van der Waals surface area contributed by atoms with Crippen LogP contribution in [0.2, 0.25) is 0 Å². The van der Waals surface area contributed by atoms with Gasteiger partial charge in [0.05, 0.1) is 23.3 Å². The molecular formula is C20H15NO3S2. The van der Waals surface area contributed by atoms with Gasteiger partial charge in [0.2, 0.25) is 0 Å². The Bertz CT molecular complexity index is 920. The van der Waals surface area contributed by atoms with Crippen LogP contribution < -0.4 is 4.90 Å². The first-order valence-corrected chi connectivity index (χ1v) is 9.01. The minimum atomic E-state index is -0.511. The van der Waals surface area contributed by atoms with Crippen LogP contribution in [0, 0.1) is 0 Å². The lowest BCUT2D eigenvalue weighted by Crippen LogP contribution is -2.29. The molecule has 1 aliphatic heterocycles. The predicted molar refractivity (Wildman–Crippen MR) is 109 cm³/mol. The summed E-state index contributed by atoms with van der Waals surface area (Å²) in [5.74, 6) is -0.767. The molecule has 1 amide bonds. The Labute approximate surface area is 161 Å². The van der Waals surface area contributed by atoms with E-state index in [4.69, 9.17) is 17.0 Å². The van der Waals surface area contributed by atoms with E-state index in [1.165, 1.54) is 23.8 Å². The highest BCUT2D eigenvalue weighted by molar-refractivity contribution is 8.27. The molecule has 0 bridgehead atoms. The third kappa shape index (κ3) is 3.76. The molecule has 0 unspecified atom stereocenters. The number of hydrogen-bond acceptors (Lipinski definition) is 5. The van der Waals surface area contributed by atoms with Crippen molar-refractivity contribution in [3.05, 3.63) is 82.8 Å².